The number of imidazole rings is 1. The van der Waals surface area contributed by atoms with Crippen LogP contribution in [0.2, 0.25) is 0 Å². The first-order chi connectivity index (χ1) is 17.1. The lowest BCUT2D eigenvalue weighted by Gasteiger charge is -2.13. The van der Waals surface area contributed by atoms with E-state index in [0.717, 1.165) is 57.5 Å². The molecule has 1 N–H and O–H groups in total. The van der Waals surface area contributed by atoms with Crippen LogP contribution in [0, 0.1) is 0 Å². The van der Waals surface area contributed by atoms with Crippen LogP contribution >= 0.6 is 12.2 Å². The number of para-hydroxylation sites is 1. The summed E-state index contributed by atoms with van der Waals surface area (Å²) in [5.41, 5.74) is 6.69. The topological polar surface area (TPSA) is 85.9 Å². The summed E-state index contributed by atoms with van der Waals surface area (Å²) < 4.78 is 12.4. The summed E-state index contributed by atoms with van der Waals surface area (Å²) in [5.74, 6) is 0.789. The smallest absolute Gasteiger partial charge is 0.460 e. The van der Waals surface area contributed by atoms with Gasteiger partial charge >= 0.3 is 5.76 Å². The molecule has 7 nitrogen and oxygen atoms in total. The van der Waals surface area contributed by atoms with Gasteiger partial charge < -0.3 is 13.8 Å². The zero-order chi connectivity index (χ0) is 24.4. The maximum absolute atomic E-state index is 11.4. The number of methoxy groups -OCH3 is 1. The van der Waals surface area contributed by atoms with Gasteiger partial charge in [0, 0.05) is 18.5 Å². The van der Waals surface area contributed by atoms with Crippen molar-refractivity contribution in [3.05, 3.63) is 94.2 Å². The Kier molecular flexibility index (Phi) is 6.29. The molecule has 0 amide bonds. The molecule has 0 bridgehead atoms. The van der Waals surface area contributed by atoms with Crippen molar-refractivity contribution in [3.8, 4) is 22.5 Å². The molecule has 0 saturated carbocycles. The monoisotopic (exact) mass is 484 g/mol. The Labute approximate surface area is 207 Å². The van der Waals surface area contributed by atoms with Gasteiger partial charge in [0.25, 0.3) is 0 Å². The molecule has 2 heterocycles. The Morgan fingerprint density at radius 2 is 1.80 bits per heavy atom. The van der Waals surface area contributed by atoms with Gasteiger partial charge in [-0.3, -0.25) is 0 Å². The van der Waals surface area contributed by atoms with Crippen molar-refractivity contribution < 1.29 is 9.26 Å². The van der Waals surface area contributed by atoms with Gasteiger partial charge in [-0.15, -0.1) is 0 Å². The van der Waals surface area contributed by atoms with Crippen molar-refractivity contribution in [2.75, 3.05) is 7.11 Å². The third kappa shape index (κ3) is 4.40. The van der Waals surface area contributed by atoms with E-state index < -0.39 is 5.76 Å². The van der Waals surface area contributed by atoms with Crippen LogP contribution in [-0.2, 0) is 17.7 Å². The highest BCUT2D eigenvalue weighted by molar-refractivity contribution is 7.80. The van der Waals surface area contributed by atoms with Crippen molar-refractivity contribution in [2.24, 2.45) is 0 Å². The maximum atomic E-state index is 11.4. The molecule has 0 unspecified atom stereocenters. The fraction of sp³-hybridized carbons (Fsp3) is 0.185. The van der Waals surface area contributed by atoms with Gasteiger partial charge in [0.2, 0.25) is 0 Å². The number of hydrogen-bond donors (Lipinski definition) is 1. The molecule has 0 spiro atoms. The van der Waals surface area contributed by atoms with Gasteiger partial charge in [-0.1, -0.05) is 61.5 Å². The second kappa shape index (κ2) is 9.68. The number of aromatic amines is 1. The van der Waals surface area contributed by atoms with Crippen LogP contribution in [0.15, 0.2) is 76.0 Å². The van der Waals surface area contributed by atoms with Gasteiger partial charge in [-0.05, 0) is 47.5 Å². The second-order valence-electron chi connectivity index (χ2n) is 8.20. The summed E-state index contributed by atoms with van der Waals surface area (Å²) in [4.78, 5) is 20.2. The van der Waals surface area contributed by atoms with Crippen molar-refractivity contribution in [1.29, 1.82) is 0 Å². The zero-order valence-electron chi connectivity index (χ0n) is 19.4. The molecule has 3 aromatic carbocycles. The molecule has 0 aliphatic rings. The number of nitrogens with one attached hydrogen (secondary N) is 1. The fourth-order valence-electron chi connectivity index (χ4n) is 4.35. The van der Waals surface area contributed by atoms with Gasteiger partial charge in [0.05, 0.1) is 23.7 Å². The average molecular weight is 485 g/mol. The van der Waals surface area contributed by atoms with Crippen molar-refractivity contribution in [3.63, 3.8) is 0 Å². The molecule has 5 rings (SSSR count). The lowest BCUT2D eigenvalue weighted by Crippen LogP contribution is -2.09. The lowest BCUT2D eigenvalue weighted by atomic mass is 9.98. The summed E-state index contributed by atoms with van der Waals surface area (Å²) in [7, 11) is 1.60. The van der Waals surface area contributed by atoms with Gasteiger partial charge in [0.1, 0.15) is 5.82 Å². The standard InChI is InChI=1S/C27H24N4O3S/c1-3-7-23-28-22-11-6-10-21(26(35)33-2)24(22)31(23)16-17-12-14-18(15-13-17)19-8-4-5-9-20(19)25-29-27(32)34-30-25/h4-6,8-15H,3,7,16H2,1-2H3,(H,29,30,32). The van der Waals surface area contributed by atoms with Crippen LogP contribution in [0.5, 0.6) is 0 Å². The largest absolute Gasteiger partial charge is 0.486 e. The van der Waals surface area contributed by atoms with Gasteiger partial charge in [-0.25, -0.2) is 9.78 Å². The van der Waals surface area contributed by atoms with Crippen LogP contribution < -0.4 is 5.76 Å². The number of nitrogens with zero attached hydrogens (tertiary/aromatic N) is 3. The highest BCUT2D eigenvalue weighted by Gasteiger charge is 2.17. The quantitative estimate of drug-likeness (QED) is 0.313. The van der Waals surface area contributed by atoms with Crippen LogP contribution in [0.3, 0.4) is 0 Å². The molecule has 35 heavy (non-hydrogen) atoms. The molecule has 2 aromatic heterocycles. The lowest BCUT2D eigenvalue weighted by molar-refractivity contribution is 0.388. The molecule has 0 saturated heterocycles. The Morgan fingerprint density at radius 1 is 1.03 bits per heavy atom. The molecule has 8 heteroatoms. The fourth-order valence-corrected chi connectivity index (χ4v) is 4.52. The van der Waals surface area contributed by atoms with E-state index >= 15 is 0 Å². The van der Waals surface area contributed by atoms with Crippen LogP contribution in [0.25, 0.3) is 33.5 Å². The number of aryl methyl sites for hydroxylation is 1. The highest BCUT2D eigenvalue weighted by atomic mass is 32.1. The first kappa shape index (κ1) is 22.7. The first-order valence-corrected chi connectivity index (χ1v) is 11.8. The van der Waals surface area contributed by atoms with E-state index in [-0.39, 0.29) is 0 Å². The summed E-state index contributed by atoms with van der Waals surface area (Å²) in [5, 5.41) is 3.05. The minimum atomic E-state index is -0.645. The van der Waals surface area contributed by atoms with Crippen LogP contribution in [0.1, 0.15) is 30.3 Å². The molecule has 0 radical (unpaired) electrons. The first-order valence-electron chi connectivity index (χ1n) is 11.4. The van der Waals surface area contributed by atoms with Crippen LogP contribution in [-0.4, -0.2) is 31.9 Å². The van der Waals surface area contributed by atoms with Crippen molar-refractivity contribution in [2.45, 2.75) is 26.3 Å². The Hall–Kier alpha value is -4.04. The summed E-state index contributed by atoms with van der Waals surface area (Å²) >= 11 is 5.48. The van der Waals surface area contributed by atoms with Gasteiger partial charge in [0.15, 0.2) is 10.9 Å². The molecule has 5 aromatic rings. The molecular formula is C27H24N4O3S. The average Bonchev–Trinajstić information content (AvgIpc) is 3.47. The minimum Gasteiger partial charge on any atom is -0.486 e. The number of ether oxygens (including phenoxy) is 1. The number of aromatic nitrogens is 4. The third-order valence-electron chi connectivity index (χ3n) is 5.95. The van der Waals surface area contributed by atoms with E-state index in [9.17, 15) is 4.79 Å². The number of thiocarbonyl (C=S) groups is 1. The van der Waals surface area contributed by atoms with Gasteiger partial charge in [-0.2, -0.15) is 10.1 Å². The number of benzene rings is 3. The Balaban J connectivity index is 1.53. The SMILES string of the molecule is CCCc1nc2cccc(C(=S)OC)c2n1Cc1ccc(-c2ccccc2-c2nc(=O)o[nH]2)cc1. The molecule has 0 atom stereocenters. The summed E-state index contributed by atoms with van der Waals surface area (Å²) in [6.45, 7) is 2.81. The predicted molar refractivity (Wildman–Crippen MR) is 140 cm³/mol. The highest BCUT2D eigenvalue weighted by Crippen LogP contribution is 2.30. The van der Waals surface area contributed by atoms with Crippen molar-refractivity contribution in [1.82, 2.24) is 19.7 Å². The number of fused-ring (bicyclic) bond motifs is 1. The van der Waals surface area contributed by atoms with E-state index in [1.54, 1.807) is 7.11 Å². The Morgan fingerprint density at radius 3 is 2.49 bits per heavy atom. The third-order valence-corrected chi connectivity index (χ3v) is 6.34. The maximum Gasteiger partial charge on any atom is 0.460 e. The molecule has 0 aliphatic carbocycles. The summed E-state index contributed by atoms with van der Waals surface area (Å²) in [6, 6.07) is 22.1. The molecule has 0 aliphatic heterocycles. The molecule has 0 fully saturated rings. The van der Waals surface area contributed by atoms with E-state index in [0.29, 0.717) is 17.4 Å². The zero-order valence-corrected chi connectivity index (χ0v) is 20.3. The molecule has 176 valence electrons. The normalized spacial score (nSPS) is 11.1. The number of hydrogen-bond acceptors (Lipinski definition) is 6. The molecular weight excluding hydrogens is 460 g/mol. The number of rotatable bonds is 7. The predicted octanol–water partition coefficient (Wildman–Crippen LogP) is 5.37. The minimum absolute atomic E-state index is 0.408. The number of H-pyrrole nitrogens is 1. The van der Waals surface area contributed by atoms with E-state index in [4.69, 9.17) is 26.5 Å². The van der Waals surface area contributed by atoms with Crippen molar-refractivity contribution >= 4 is 28.3 Å². The second-order valence-corrected chi connectivity index (χ2v) is 8.57. The summed E-state index contributed by atoms with van der Waals surface area (Å²) in [6.07, 6.45) is 1.86. The van der Waals surface area contributed by atoms with Crippen LogP contribution in [0.4, 0.5) is 0 Å². The van der Waals surface area contributed by atoms with E-state index in [1.165, 1.54) is 0 Å². The van der Waals surface area contributed by atoms with E-state index in [1.807, 2.05) is 42.5 Å². The Bertz CT molecular complexity index is 1560. The van der Waals surface area contributed by atoms with E-state index in [2.05, 4.69) is 45.9 Å².